The predicted molar refractivity (Wildman–Crippen MR) is 113 cm³/mol. The summed E-state index contributed by atoms with van der Waals surface area (Å²) >= 11 is 12.2. The van der Waals surface area contributed by atoms with Crippen LogP contribution in [0.4, 0.5) is 5.69 Å². The first-order chi connectivity index (χ1) is 14.0. The standard InChI is InChI=1S/C21H16Cl2N4O2/c1-13-5-2-8-16(23)19(13)24-18(28)12-27-10-4-9-17(27)21-25-20(26-29-21)14-6-3-7-15(22)11-14/h2-11H,12H2,1H3,(H,24,28). The van der Waals surface area contributed by atoms with Crippen molar-refractivity contribution in [1.29, 1.82) is 0 Å². The van der Waals surface area contributed by atoms with Crippen molar-refractivity contribution in [2.24, 2.45) is 0 Å². The van der Waals surface area contributed by atoms with Crippen LogP contribution in [0.1, 0.15) is 5.56 Å². The molecule has 0 spiro atoms. The smallest absolute Gasteiger partial charge is 0.274 e. The Kier molecular flexibility index (Phi) is 5.38. The largest absolute Gasteiger partial charge is 0.334 e. The summed E-state index contributed by atoms with van der Waals surface area (Å²) in [6, 6.07) is 16.3. The first-order valence-electron chi connectivity index (χ1n) is 8.81. The number of hydrogen-bond donors (Lipinski definition) is 1. The van der Waals surface area contributed by atoms with E-state index in [0.717, 1.165) is 11.1 Å². The van der Waals surface area contributed by atoms with Gasteiger partial charge in [-0.3, -0.25) is 4.79 Å². The van der Waals surface area contributed by atoms with Crippen LogP contribution in [0.3, 0.4) is 0 Å². The molecule has 146 valence electrons. The zero-order valence-corrected chi connectivity index (χ0v) is 16.9. The third kappa shape index (κ3) is 4.18. The summed E-state index contributed by atoms with van der Waals surface area (Å²) < 4.78 is 7.14. The summed E-state index contributed by atoms with van der Waals surface area (Å²) in [6.07, 6.45) is 1.78. The van der Waals surface area contributed by atoms with Gasteiger partial charge in [0.05, 0.1) is 10.7 Å². The van der Waals surface area contributed by atoms with E-state index < -0.39 is 0 Å². The van der Waals surface area contributed by atoms with Gasteiger partial charge in [-0.05, 0) is 42.8 Å². The minimum absolute atomic E-state index is 0.0713. The van der Waals surface area contributed by atoms with Crippen LogP contribution in [0, 0.1) is 6.92 Å². The molecule has 0 atom stereocenters. The van der Waals surface area contributed by atoms with Gasteiger partial charge >= 0.3 is 0 Å². The van der Waals surface area contributed by atoms with Gasteiger partial charge in [0.1, 0.15) is 12.2 Å². The Morgan fingerprint density at radius 1 is 1.14 bits per heavy atom. The van der Waals surface area contributed by atoms with Crippen molar-refractivity contribution in [2.45, 2.75) is 13.5 Å². The minimum atomic E-state index is -0.215. The molecule has 6 nitrogen and oxygen atoms in total. The van der Waals surface area contributed by atoms with Gasteiger partial charge in [0.2, 0.25) is 11.7 Å². The molecule has 0 aliphatic rings. The van der Waals surface area contributed by atoms with Crippen molar-refractivity contribution >= 4 is 34.8 Å². The van der Waals surface area contributed by atoms with Crippen LogP contribution < -0.4 is 5.32 Å². The number of aryl methyl sites for hydroxylation is 1. The second-order valence-electron chi connectivity index (χ2n) is 6.43. The van der Waals surface area contributed by atoms with E-state index in [4.69, 9.17) is 27.7 Å². The van der Waals surface area contributed by atoms with Crippen LogP contribution in [-0.2, 0) is 11.3 Å². The van der Waals surface area contributed by atoms with Crippen LogP contribution in [0.15, 0.2) is 65.3 Å². The number of benzene rings is 2. The van der Waals surface area contributed by atoms with E-state index in [0.29, 0.717) is 33.1 Å². The molecule has 2 aromatic heterocycles. The number of anilines is 1. The lowest BCUT2D eigenvalue weighted by atomic mass is 10.2. The highest BCUT2D eigenvalue weighted by atomic mass is 35.5. The summed E-state index contributed by atoms with van der Waals surface area (Å²) in [7, 11) is 0. The van der Waals surface area contributed by atoms with Crippen LogP contribution >= 0.6 is 23.2 Å². The second-order valence-corrected chi connectivity index (χ2v) is 7.28. The molecule has 0 radical (unpaired) electrons. The maximum absolute atomic E-state index is 12.6. The average Bonchev–Trinajstić information content (AvgIpc) is 3.34. The lowest BCUT2D eigenvalue weighted by Gasteiger charge is -2.11. The zero-order valence-electron chi connectivity index (χ0n) is 15.4. The molecule has 0 fully saturated rings. The minimum Gasteiger partial charge on any atom is -0.334 e. The molecule has 0 aliphatic heterocycles. The van der Waals surface area contributed by atoms with Crippen molar-refractivity contribution in [3.63, 3.8) is 0 Å². The van der Waals surface area contributed by atoms with E-state index in [1.165, 1.54) is 0 Å². The molecule has 2 heterocycles. The molecule has 29 heavy (non-hydrogen) atoms. The Labute approximate surface area is 177 Å². The van der Waals surface area contributed by atoms with Gasteiger partial charge in [0.15, 0.2) is 0 Å². The number of nitrogens with zero attached hydrogens (tertiary/aromatic N) is 3. The maximum Gasteiger partial charge on any atom is 0.274 e. The number of rotatable bonds is 5. The summed E-state index contributed by atoms with van der Waals surface area (Å²) in [5.74, 6) is 0.520. The molecular formula is C21H16Cl2N4O2. The predicted octanol–water partition coefficient (Wildman–Crippen LogP) is 5.46. The van der Waals surface area contributed by atoms with Crippen molar-refractivity contribution in [2.75, 3.05) is 5.32 Å². The van der Waals surface area contributed by atoms with Gasteiger partial charge in [-0.15, -0.1) is 0 Å². The number of hydrogen-bond acceptors (Lipinski definition) is 4. The van der Waals surface area contributed by atoms with E-state index >= 15 is 0 Å². The van der Waals surface area contributed by atoms with Crippen molar-refractivity contribution in [3.8, 4) is 23.0 Å². The Bertz CT molecular complexity index is 1160. The highest BCUT2D eigenvalue weighted by Crippen LogP contribution is 2.26. The van der Waals surface area contributed by atoms with Gasteiger partial charge in [0, 0.05) is 16.8 Å². The lowest BCUT2D eigenvalue weighted by molar-refractivity contribution is -0.116. The molecule has 1 amide bonds. The van der Waals surface area contributed by atoms with E-state index in [2.05, 4.69) is 15.5 Å². The number of nitrogens with one attached hydrogen (secondary N) is 1. The molecule has 0 saturated heterocycles. The van der Waals surface area contributed by atoms with Gasteiger partial charge in [-0.1, -0.05) is 52.6 Å². The molecule has 4 rings (SSSR count). The van der Waals surface area contributed by atoms with Gasteiger partial charge in [-0.25, -0.2) is 0 Å². The highest BCUT2D eigenvalue weighted by molar-refractivity contribution is 6.34. The lowest BCUT2D eigenvalue weighted by Crippen LogP contribution is -2.19. The van der Waals surface area contributed by atoms with Gasteiger partial charge in [0.25, 0.3) is 5.89 Å². The number of carbonyl (C=O) groups excluding carboxylic acids is 1. The van der Waals surface area contributed by atoms with Crippen molar-refractivity contribution in [1.82, 2.24) is 14.7 Å². The quantitative estimate of drug-likeness (QED) is 0.459. The Balaban J connectivity index is 1.54. The van der Waals surface area contributed by atoms with E-state index in [-0.39, 0.29) is 12.5 Å². The van der Waals surface area contributed by atoms with Crippen LogP contribution in [-0.4, -0.2) is 20.6 Å². The zero-order chi connectivity index (χ0) is 20.4. The fraction of sp³-hybridized carbons (Fsp3) is 0.0952. The third-order valence-electron chi connectivity index (χ3n) is 4.36. The number of halogens is 2. The number of carbonyl (C=O) groups is 1. The fourth-order valence-electron chi connectivity index (χ4n) is 2.94. The summed E-state index contributed by atoms with van der Waals surface area (Å²) in [5.41, 5.74) is 2.88. The summed E-state index contributed by atoms with van der Waals surface area (Å²) in [4.78, 5) is 17.0. The molecular weight excluding hydrogens is 411 g/mol. The molecule has 8 heteroatoms. The molecule has 1 N–H and O–H groups in total. The van der Waals surface area contributed by atoms with Crippen LogP contribution in [0.25, 0.3) is 23.0 Å². The van der Waals surface area contributed by atoms with E-state index in [1.54, 1.807) is 29.0 Å². The Hall–Kier alpha value is -3.09. The van der Waals surface area contributed by atoms with Crippen molar-refractivity contribution in [3.05, 3.63) is 76.4 Å². The Morgan fingerprint density at radius 2 is 1.97 bits per heavy atom. The number of para-hydroxylation sites is 1. The van der Waals surface area contributed by atoms with E-state index in [9.17, 15) is 4.79 Å². The summed E-state index contributed by atoms with van der Waals surface area (Å²) in [5, 5.41) is 7.96. The average molecular weight is 427 g/mol. The number of aromatic nitrogens is 3. The Morgan fingerprint density at radius 3 is 2.76 bits per heavy atom. The van der Waals surface area contributed by atoms with Crippen molar-refractivity contribution < 1.29 is 9.32 Å². The number of amides is 1. The maximum atomic E-state index is 12.6. The fourth-order valence-corrected chi connectivity index (χ4v) is 3.40. The molecule has 0 saturated carbocycles. The molecule has 0 aliphatic carbocycles. The second kappa shape index (κ2) is 8.11. The summed E-state index contributed by atoms with van der Waals surface area (Å²) in [6.45, 7) is 1.96. The first-order valence-corrected chi connectivity index (χ1v) is 9.57. The van der Waals surface area contributed by atoms with Crippen LogP contribution in [0.5, 0.6) is 0 Å². The van der Waals surface area contributed by atoms with E-state index in [1.807, 2.05) is 43.3 Å². The molecule has 2 aromatic carbocycles. The normalized spacial score (nSPS) is 10.9. The molecule has 4 aromatic rings. The SMILES string of the molecule is Cc1cccc(Cl)c1NC(=O)Cn1cccc1-c1nc(-c2cccc(Cl)c2)no1. The highest BCUT2D eigenvalue weighted by Gasteiger charge is 2.16. The third-order valence-corrected chi connectivity index (χ3v) is 4.91. The van der Waals surface area contributed by atoms with Gasteiger partial charge in [-0.2, -0.15) is 4.98 Å². The monoisotopic (exact) mass is 426 g/mol. The molecule has 0 unspecified atom stereocenters. The van der Waals surface area contributed by atoms with Crippen LogP contribution in [0.2, 0.25) is 10.0 Å². The topological polar surface area (TPSA) is 73.0 Å². The first kappa shape index (κ1) is 19.2. The molecule has 0 bridgehead atoms. The van der Waals surface area contributed by atoms with Gasteiger partial charge < -0.3 is 14.4 Å².